The Morgan fingerprint density at radius 2 is 1.52 bits per heavy atom. The van der Waals surface area contributed by atoms with Gasteiger partial charge in [0, 0.05) is 23.7 Å². The van der Waals surface area contributed by atoms with Crippen LogP contribution in [0, 0.1) is 34.5 Å². The zero-order chi connectivity index (χ0) is 32.0. The maximum atomic E-state index is 15.2. The number of Topliss-reactive ketones (excluding diaryl/α,β-unsaturated/α-hetero) is 1. The van der Waals surface area contributed by atoms with E-state index in [1.165, 1.54) is 51.4 Å². The molecule has 0 aliphatic heterocycles. The molecule has 4 rings (SSSR count). The Morgan fingerprint density at radius 3 is 2.14 bits per heavy atom. The summed E-state index contributed by atoms with van der Waals surface area (Å²) in [7, 11) is 0. The fourth-order valence-corrected chi connectivity index (χ4v) is 9.49. The number of hydrogen-bond acceptors (Lipinski definition) is 5. The van der Waals surface area contributed by atoms with E-state index in [1.54, 1.807) is 12.2 Å². The van der Waals surface area contributed by atoms with Crippen molar-refractivity contribution >= 4 is 17.5 Å². The molecule has 7 heteroatoms. The standard InChI is InChI=1S/C37H56F2O5/c1-4-5-6-7-8-9-10-11-12-13-14-15-16-17-32(42)44-37(38,39)34(43)30-21-20-29-28-19-18-26-24-27(40)22-23-35(26,2)33(28)31(41)25-36(29,30)3/h22-24,28-31,33,41H,4-21,25H2,1-3H3/t28-,29-,30+,31-,33+,35-,36-/m0/s1. The summed E-state index contributed by atoms with van der Waals surface area (Å²) in [6, 6.07) is 0. The minimum absolute atomic E-state index is 0.00606. The van der Waals surface area contributed by atoms with Crippen LogP contribution in [0.5, 0.6) is 0 Å². The second-order valence-electron chi connectivity index (χ2n) is 14.8. The normalized spacial score (nSPS) is 32.9. The molecule has 7 atom stereocenters. The highest BCUT2D eigenvalue weighted by Crippen LogP contribution is 2.66. The van der Waals surface area contributed by atoms with E-state index < -0.39 is 40.7 Å². The zero-order valence-corrected chi connectivity index (χ0v) is 27.4. The third-order valence-corrected chi connectivity index (χ3v) is 11.8. The molecule has 0 saturated heterocycles. The van der Waals surface area contributed by atoms with E-state index in [1.807, 2.05) is 13.0 Å². The van der Waals surface area contributed by atoms with Crippen LogP contribution in [0.1, 0.15) is 143 Å². The second-order valence-corrected chi connectivity index (χ2v) is 14.8. The molecule has 4 aliphatic rings. The zero-order valence-electron chi connectivity index (χ0n) is 27.4. The van der Waals surface area contributed by atoms with Crippen molar-refractivity contribution in [3.05, 3.63) is 23.8 Å². The minimum atomic E-state index is -4.17. The lowest BCUT2D eigenvalue weighted by molar-refractivity contribution is -0.233. The number of fused-ring (bicyclic) bond motifs is 5. The number of carbonyl (C=O) groups is 3. The van der Waals surface area contributed by atoms with E-state index in [-0.39, 0.29) is 36.4 Å². The first-order valence-electron chi connectivity index (χ1n) is 17.7. The number of unbranched alkanes of at least 4 members (excludes halogenated alkanes) is 12. The van der Waals surface area contributed by atoms with Gasteiger partial charge in [0.05, 0.1) is 6.10 Å². The molecule has 1 N–H and O–H groups in total. The Labute approximate surface area is 263 Å². The van der Waals surface area contributed by atoms with Crippen LogP contribution in [0.15, 0.2) is 23.8 Å². The van der Waals surface area contributed by atoms with Crippen molar-refractivity contribution in [2.24, 2.45) is 34.5 Å². The minimum Gasteiger partial charge on any atom is -0.395 e. The number of carbonyl (C=O) groups excluding carboxylic acids is 3. The highest BCUT2D eigenvalue weighted by molar-refractivity contribution is 6.01. The van der Waals surface area contributed by atoms with E-state index in [0.717, 1.165) is 44.1 Å². The molecule has 4 aliphatic carbocycles. The molecule has 0 aromatic carbocycles. The summed E-state index contributed by atoms with van der Waals surface area (Å²) < 4.78 is 34.9. The van der Waals surface area contributed by atoms with Crippen molar-refractivity contribution in [2.45, 2.75) is 155 Å². The molecule has 44 heavy (non-hydrogen) atoms. The predicted octanol–water partition coefficient (Wildman–Crippen LogP) is 9.07. The van der Waals surface area contributed by atoms with Gasteiger partial charge in [-0.1, -0.05) is 109 Å². The van der Waals surface area contributed by atoms with E-state index in [2.05, 4.69) is 18.6 Å². The van der Waals surface area contributed by atoms with Crippen molar-refractivity contribution in [3.8, 4) is 0 Å². The predicted molar refractivity (Wildman–Crippen MR) is 168 cm³/mol. The summed E-state index contributed by atoms with van der Waals surface area (Å²) in [5.74, 6) is -3.41. The first kappa shape index (κ1) is 35.0. The SMILES string of the molecule is CCCCCCCCCCCCCCCC(=O)OC(F)(F)C(=O)[C@H]1CC[C@H]2[C@@H]3CCC4=CC(=O)C=C[C@]4(C)[C@H]3[C@@H](O)C[C@]12C. The number of aliphatic hydroxyl groups is 1. The Kier molecular flexibility index (Phi) is 12.0. The van der Waals surface area contributed by atoms with Crippen LogP contribution < -0.4 is 0 Å². The molecule has 0 radical (unpaired) electrons. The average Bonchev–Trinajstić information content (AvgIpc) is 3.31. The van der Waals surface area contributed by atoms with Crippen molar-refractivity contribution in [3.63, 3.8) is 0 Å². The van der Waals surface area contributed by atoms with Crippen molar-refractivity contribution in [1.29, 1.82) is 0 Å². The van der Waals surface area contributed by atoms with Crippen molar-refractivity contribution < 1.29 is 33.0 Å². The van der Waals surface area contributed by atoms with E-state index in [0.29, 0.717) is 19.3 Å². The Hall–Kier alpha value is -1.89. The summed E-state index contributed by atoms with van der Waals surface area (Å²) in [4.78, 5) is 37.6. The molecule has 0 unspecified atom stereocenters. The fourth-order valence-electron chi connectivity index (χ4n) is 9.49. The molecular formula is C37H56F2O5. The van der Waals surface area contributed by atoms with Crippen LogP contribution >= 0.6 is 0 Å². The van der Waals surface area contributed by atoms with Crippen LogP contribution in [-0.2, 0) is 19.1 Å². The summed E-state index contributed by atoms with van der Waals surface area (Å²) >= 11 is 0. The molecule has 3 fully saturated rings. The van der Waals surface area contributed by atoms with Gasteiger partial charge in [-0.2, -0.15) is 8.78 Å². The van der Waals surface area contributed by atoms with E-state index >= 15 is 8.78 Å². The van der Waals surface area contributed by atoms with Crippen LogP contribution in [0.2, 0.25) is 0 Å². The van der Waals surface area contributed by atoms with Gasteiger partial charge in [0.25, 0.3) is 0 Å². The largest absolute Gasteiger partial charge is 0.463 e. The van der Waals surface area contributed by atoms with Crippen LogP contribution in [-0.4, -0.2) is 34.9 Å². The lowest BCUT2D eigenvalue weighted by atomic mass is 9.46. The number of halogens is 2. The second kappa shape index (κ2) is 15.1. The monoisotopic (exact) mass is 618 g/mol. The fraction of sp³-hybridized carbons (Fsp3) is 0.811. The molecule has 0 amide bonds. The van der Waals surface area contributed by atoms with Gasteiger partial charge in [0.1, 0.15) is 0 Å². The molecule has 0 aromatic heterocycles. The number of rotatable bonds is 17. The molecule has 248 valence electrons. The summed E-state index contributed by atoms with van der Waals surface area (Å²) in [6.07, 6.45) is 17.6. The number of allylic oxidation sites excluding steroid dienone is 4. The van der Waals surface area contributed by atoms with Gasteiger partial charge in [-0.05, 0) is 67.9 Å². The lowest BCUT2D eigenvalue weighted by Gasteiger charge is -2.58. The molecular weight excluding hydrogens is 562 g/mol. The first-order valence-corrected chi connectivity index (χ1v) is 17.7. The maximum Gasteiger partial charge on any atom is 0.463 e. The van der Waals surface area contributed by atoms with Crippen LogP contribution in [0.25, 0.3) is 0 Å². The highest BCUT2D eigenvalue weighted by Gasteiger charge is 2.65. The molecule has 0 spiro atoms. The smallest absolute Gasteiger partial charge is 0.395 e. The average molecular weight is 619 g/mol. The first-order chi connectivity index (χ1) is 20.9. The number of aliphatic hydroxyl groups excluding tert-OH is 1. The van der Waals surface area contributed by atoms with E-state index in [9.17, 15) is 19.5 Å². The quantitative estimate of drug-likeness (QED) is 0.130. The summed E-state index contributed by atoms with van der Waals surface area (Å²) in [5.41, 5.74) is -0.220. The highest BCUT2D eigenvalue weighted by atomic mass is 19.3. The number of esters is 1. The number of alkyl halides is 2. The van der Waals surface area contributed by atoms with Gasteiger partial charge in [0.15, 0.2) is 5.78 Å². The van der Waals surface area contributed by atoms with Gasteiger partial charge in [0.2, 0.25) is 5.78 Å². The van der Waals surface area contributed by atoms with Gasteiger partial charge in [-0.15, -0.1) is 0 Å². The molecule has 5 nitrogen and oxygen atoms in total. The Morgan fingerprint density at radius 1 is 0.932 bits per heavy atom. The summed E-state index contributed by atoms with van der Waals surface area (Å²) in [6.45, 7) is 6.16. The van der Waals surface area contributed by atoms with Crippen LogP contribution in [0.3, 0.4) is 0 Å². The third kappa shape index (κ3) is 7.73. The topological polar surface area (TPSA) is 80.7 Å². The lowest BCUT2D eigenvalue weighted by Crippen LogP contribution is -2.57. The third-order valence-electron chi connectivity index (χ3n) is 11.8. The van der Waals surface area contributed by atoms with Gasteiger partial charge >= 0.3 is 12.1 Å². The van der Waals surface area contributed by atoms with Gasteiger partial charge in [-0.3, -0.25) is 14.4 Å². The van der Waals surface area contributed by atoms with Gasteiger partial charge in [-0.25, -0.2) is 0 Å². The number of ether oxygens (including phenoxy) is 1. The number of hydrogen-bond donors (Lipinski definition) is 1. The van der Waals surface area contributed by atoms with Crippen molar-refractivity contribution in [1.82, 2.24) is 0 Å². The molecule has 0 aromatic rings. The summed E-state index contributed by atoms with van der Waals surface area (Å²) in [5, 5.41) is 11.5. The van der Waals surface area contributed by atoms with E-state index in [4.69, 9.17) is 0 Å². The Balaban J connectivity index is 1.21. The van der Waals surface area contributed by atoms with Crippen LogP contribution in [0.4, 0.5) is 8.78 Å². The number of ketones is 2. The van der Waals surface area contributed by atoms with Crippen molar-refractivity contribution in [2.75, 3.05) is 0 Å². The van der Waals surface area contributed by atoms with Gasteiger partial charge < -0.3 is 9.84 Å². The molecule has 0 heterocycles. The molecule has 0 bridgehead atoms. The maximum absolute atomic E-state index is 15.2. The molecule has 3 saturated carbocycles. The Bertz CT molecular complexity index is 1080.